The van der Waals surface area contributed by atoms with E-state index in [4.69, 9.17) is 10.5 Å². The van der Waals surface area contributed by atoms with Crippen molar-refractivity contribution in [2.75, 3.05) is 50.8 Å². The standard InChI is InChI=1S/C16H24N6O3/c17-16(24)18-9-15(23)22-3-1-2-12(10-22)13-8-14(20-11-19-13)21-4-6-25-7-5-21/h8,11-12H,1-7,9-10H2,(H3,17,18,24)/t12-/m1/s1. The number of nitrogens with one attached hydrogen (secondary N) is 1. The summed E-state index contributed by atoms with van der Waals surface area (Å²) in [6.07, 6.45) is 3.48. The van der Waals surface area contributed by atoms with Crippen LogP contribution in [0.15, 0.2) is 12.4 Å². The molecule has 3 heterocycles. The van der Waals surface area contributed by atoms with Gasteiger partial charge in [0.25, 0.3) is 0 Å². The van der Waals surface area contributed by atoms with Gasteiger partial charge in [-0.05, 0) is 12.8 Å². The number of carbonyl (C=O) groups excluding carboxylic acids is 2. The van der Waals surface area contributed by atoms with E-state index in [-0.39, 0.29) is 18.4 Å². The average Bonchev–Trinajstić information content (AvgIpc) is 2.67. The highest BCUT2D eigenvalue weighted by atomic mass is 16.5. The number of rotatable bonds is 4. The Kier molecular flexibility index (Phi) is 5.64. The first-order valence-corrected chi connectivity index (χ1v) is 8.59. The molecule has 1 aromatic rings. The summed E-state index contributed by atoms with van der Waals surface area (Å²) in [6.45, 7) is 4.28. The number of likely N-dealkylation sites (tertiary alicyclic amines) is 1. The lowest BCUT2D eigenvalue weighted by atomic mass is 9.94. The number of urea groups is 1. The molecule has 3 amide bonds. The van der Waals surface area contributed by atoms with Crippen molar-refractivity contribution in [3.8, 4) is 0 Å². The van der Waals surface area contributed by atoms with Gasteiger partial charge in [-0.1, -0.05) is 0 Å². The van der Waals surface area contributed by atoms with Crippen molar-refractivity contribution in [1.29, 1.82) is 0 Å². The molecule has 9 nitrogen and oxygen atoms in total. The van der Waals surface area contributed by atoms with Crippen molar-refractivity contribution in [3.63, 3.8) is 0 Å². The zero-order valence-electron chi connectivity index (χ0n) is 14.2. The molecule has 2 aliphatic heterocycles. The predicted molar refractivity (Wildman–Crippen MR) is 91.2 cm³/mol. The molecule has 1 atom stereocenters. The van der Waals surface area contributed by atoms with E-state index in [1.54, 1.807) is 11.2 Å². The van der Waals surface area contributed by atoms with Crippen LogP contribution < -0.4 is 16.0 Å². The Morgan fingerprint density at radius 2 is 2.08 bits per heavy atom. The average molecular weight is 348 g/mol. The van der Waals surface area contributed by atoms with E-state index in [9.17, 15) is 9.59 Å². The molecule has 1 aromatic heterocycles. The third kappa shape index (κ3) is 4.56. The number of piperidine rings is 1. The predicted octanol–water partition coefficient (Wildman–Crippen LogP) is -0.312. The first kappa shape index (κ1) is 17.4. The molecule has 25 heavy (non-hydrogen) atoms. The smallest absolute Gasteiger partial charge is 0.312 e. The summed E-state index contributed by atoms with van der Waals surface area (Å²) in [4.78, 5) is 35.7. The summed E-state index contributed by atoms with van der Waals surface area (Å²) >= 11 is 0. The van der Waals surface area contributed by atoms with Crippen molar-refractivity contribution >= 4 is 17.8 Å². The summed E-state index contributed by atoms with van der Waals surface area (Å²) in [5.74, 6) is 0.965. The first-order chi connectivity index (χ1) is 12.1. The lowest BCUT2D eigenvalue weighted by Crippen LogP contribution is -2.45. The topological polar surface area (TPSA) is 114 Å². The minimum atomic E-state index is -0.687. The number of amides is 3. The zero-order valence-corrected chi connectivity index (χ0v) is 14.2. The summed E-state index contributed by atoms with van der Waals surface area (Å²) in [6, 6.07) is 1.33. The van der Waals surface area contributed by atoms with Crippen molar-refractivity contribution in [3.05, 3.63) is 18.1 Å². The van der Waals surface area contributed by atoms with E-state index in [1.165, 1.54) is 0 Å². The van der Waals surface area contributed by atoms with E-state index in [0.717, 1.165) is 37.4 Å². The molecular formula is C16H24N6O3. The fourth-order valence-corrected chi connectivity index (χ4v) is 3.27. The van der Waals surface area contributed by atoms with Crippen LogP contribution in [0, 0.1) is 0 Å². The van der Waals surface area contributed by atoms with Crippen LogP contribution in [0.5, 0.6) is 0 Å². The van der Waals surface area contributed by atoms with Crippen LogP contribution in [-0.2, 0) is 9.53 Å². The molecule has 136 valence electrons. The number of nitrogens with zero attached hydrogens (tertiary/aromatic N) is 4. The molecule has 0 saturated carbocycles. The maximum absolute atomic E-state index is 12.2. The molecule has 9 heteroatoms. The van der Waals surface area contributed by atoms with E-state index in [1.807, 2.05) is 6.07 Å². The summed E-state index contributed by atoms with van der Waals surface area (Å²) < 4.78 is 5.38. The normalized spacial score (nSPS) is 21.0. The number of morpholine rings is 1. The van der Waals surface area contributed by atoms with Gasteiger partial charge in [-0.25, -0.2) is 14.8 Å². The van der Waals surface area contributed by atoms with Crippen LogP contribution in [0.4, 0.5) is 10.6 Å². The number of primary amides is 1. The molecule has 0 aliphatic carbocycles. The Morgan fingerprint density at radius 1 is 1.28 bits per heavy atom. The van der Waals surface area contributed by atoms with Gasteiger partial charge >= 0.3 is 6.03 Å². The van der Waals surface area contributed by atoms with Gasteiger partial charge in [0.05, 0.1) is 25.5 Å². The molecule has 2 fully saturated rings. The number of carbonyl (C=O) groups is 2. The van der Waals surface area contributed by atoms with Crippen LogP contribution in [0.25, 0.3) is 0 Å². The van der Waals surface area contributed by atoms with Crippen LogP contribution in [0.3, 0.4) is 0 Å². The Labute approximate surface area is 146 Å². The van der Waals surface area contributed by atoms with Gasteiger partial charge in [0.15, 0.2) is 0 Å². The van der Waals surface area contributed by atoms with Gasteiger partial charge in [0.2, 0.25) is 5.91 Å². The fraction of sp³-hybridized carbons (Fsp3) is 0.625. The molecular weight excluding hydrogens is 324 g/mol. The minimum absolute atomic E-state index is 0.0646. The SMILES string of the molecule is NC(=O)NCC(=O)N1CCC[C@@H](c2cc(N3CCOCC3)ncn2)C1. The highest BCUT2D eigenvalue weighted by Crippen LogP contribution is 2.27. The second-order valence-corrected chi connectivity index (χ2v) is 6.30. The molecule has 3 N–H and O–H groups in total. The maximum Gasteiger partial charge on any atom is 0.312 e. The van der Waals surface area contributed by atoms with Gasteiger partial charge in [-0.3, -0.25) is 4.79 Å². The number of nitrogens with two attached hydrogens (primary N) is 1. The zero-order chi connectivity index (χ0) is 17.6. The Balaban J connectivity index is 1.64. The molecule has 0 aromatic carbocycles. The third-order valence-electron chi connectivity index (χ3n) is 4.62. The van der Waals surface area contributed by atoms with Gasteiger partial charge in [0, 0.05) is 38.2 Å². The van der Waals surface area contributed by atoms with Gasteiger partial charge in [-0.15, -0.1) is 0 Å². The van der Waals surface area contributed by atoms with E-state index >= 15 is 0 Å². The van der Waals surface area contributed by atoms with E-state index in [0.29, 0.717) is 26.3 Å². The summed E-state index contributed by atoms with van der Waals surface area (Å²) in [5.41, 5.74) is 5.98. The summed E-state index contributed by atoms with van der Waals surface area (Å²) in [7, 11) is 0. The van der Waals surface area contributed by atoms with Crippen molar-refractivity contribution in [2.45, 2.75) is 18.8 Å². The van der Waals surface area contributed by atoms with Crippen LogP contribution >= 0.6 is 0 Å². The number of hydrogen-bond acceptors (Lipinski definition) is 6. The highest BCUT2D eigenvalue weighted by Gasteiger charge is 2.26. The molecule has 3 rings (SSSR count). The van der Waals surface area contributed by atoms with E-state index in [2.05, 4.69) is 20.2 Å². The van der Waals surface area contributed by atoms with Crippen molar-refractivity contribution < 1.29 is 14.3 Å². The van der Waals surface area contributed by atoms with Crippen LogP contribution in [-0.4, -0.2) is 72.7 Å². The monoisotopic (exact) mass is 348 g/mol. The minimum Gasteiger partial charge on any atom is -0.378 e. The number of aromatic nitrogens is 2. The first-order valence-electron chi connectivity index (χ1n) is 8.59. The lowest BCUT2D eigenvalue weighted by Gasteiger charge is -2.33. The van der Waals surface area contributed by atoms with Gasteiger partial charge < -0.3 is 25.6 Å². The largest absolute Gasteiger partial charge is 0.378 e. The Morgan fingerprint density at radius 3 is 2.84 bits per heavy atom. The maximum atomic E-state index is 12.2. The lowest BCUT2D eigenvalue weighted by molar-refractivity contribution is -0.131. The quantitative estimate of drug-likeness (QED) is 0.771. The second kappa shape index (κ2) is 8.11. The number of hydrogen-bond donors (Lipinski definition) is 2. The van der Waals surface area contributed by atoms with E-state index < -0.39 is 6.03 Å². The number of ether oxygens (including phenoxy) is 1. The Bertz CT molecular complexity index is 620. The van der Waals surface area contributed by atoms with Crippen molar-refractivity contribution in [1.82, 2.24) is 20.2 Å². The second-order valence-electron chi connectivity index (χ2n) is 6.30. The molecule has 2 aliphatic rings. The molecule has 2 saturated heterocycles. The van der Waals surface area contributed by atoms with Gasteiger partial charge in [-0.2, -0.15) is 0 Å². The molecule has 0 unspecified atom stereocenters. The van der Waals surface area contributed by atoms with Crippen molar-refractivity contribution in [2.24, 2.45) is 5.73 Å². The summed E-state index contributed by atoms with van der Waals surface area (Å²) in [5, 5.41) is 2.35. The van der Waals surface area contributed by atoms with Crippen LogP contribution in [0.2, 0.25) is 0 Å². The molecule has 0 spiro atoms. The van der Waals surface area contributed by atoms with Crippen LogP contribution in [0.1, 0.15) is 24.5 Å². The Hall–Kier alpha value is -2.42. The number of anilines is 1. The fourth-order valence-electron chi connectivity index (χ4n) is 3.27. The third-order valence-corrected chi connectivity index (χ3v) is 4.62. The highest BCUT2D eigenvalue weighted by molar-refractivity contribution is 5.83. The molecule has 0 bridgehead atoms. The molecule has 0 radical (unpaired) electrons. The van der Waals surface area contributed by atoms with Gasteiger partial charge in [0.1, 0.15) is 12.1 Å².